The molecule has 2 rings (SSSR count). The Morgan fingerprint density at radius 1 is 1.11 bits per heavy atom. The quantitative estimate of drug-likeness (QED) is 0.913. The van der Waals surface area contributed by atoms with Crippen molar-refractivity contribution in [3.8, 4) is 0 Å². The van der Waals surface area contributed by atoms with Gasteiger partial charge in [0.25, 0.3) is 0 Å². The first kappa shape index (κ1) is 13.7. The number of halogens is 1. The first-order chi connectivity index (χ1) is 9.11. The van der Waals surface area contributed by atoms with Crippen molar-refractivity contribution in [2.24, 2.45) is 0 Å². The van der Waals surface area contributed by atoms with Crippen LogP contribution in [0.1, 0.15) is 28.4 Å². The Morgan fingerprint density at radius 3 is 2.32 bits per heavy atom. The number of methoxy groups -OCH3 is 1. The lowest BCUT2D eigenvalue weighted by molar-refractivity contribution is 0.184. The lowest BCUT2D eigenvalue weighted by Crippen LogP contribution is -2.01. The summed E-state index contributed by atoms with van der Waals surface area (Å²) in [6.45, 7) is 2.24. The van der Waals surface area contributed by atoms with Gasteiger partial charge < -0.3 is 9.84 Å². The van der Waals surface area contributed by atoms with Crippen molar-refractivity contribution < 1.29 is 14.2 Å². The number of hydrogen-bond acceptors (Lipinski definition) is 2. The van der Waals surface area contributed by atoms with Crippen LogP contribution in [0, 0.1) is 12.7 Å². The van der Waals surface area contributed by atoms with Crippen molar-refractivity contribution in [2.45, 2.75) is 19.6 Å². The number of ether oxygens (including phenoxy) is 1. The maximum Gasteiger partial charge on any atom is 0.126 e. The summed E-state index contributed by atoms with van der Waals surface area (Å²) in [5, 5.41) is 10.3. The lowest BCUT2D eigenvalue weighted by Gasteiger charge is -2.13. The number of benzene rings is 2. The van der Waals surface area contributed by atoms with Gasteiger partial charge in [-0.25, -0.2) is 4.39 Å². The van der Waals surface area contributed by atoms with Crippen LogP contribution in [-0.2, 0) is 11.3 Å². The molecular formula is C16H17FO2. The largest absolute Gasteiger partial charge is 0.384 e. The van der Waals surface area contributed by atoms with Crippen LogP contribution in [0.25, 0.3) is 0 Å². The van der Waals surface area contributed by atoms with Gasteiger partial charge in [0.05, 0.1) is 6.61 Å². The topological polar surface area (TPSA) is 29.5 Å². The van der Waals surface area contributed by atoms with E-state index in [9.17, 15) is 9.50 Å². The molecule has 0 aliphatic rings. The summed E-state index contributed by atoms with van der Waals surface area (Å²) < 4.78 is 18.2. The van der Waals surface area contributed by atoms with Crippen LogP contribution >= 0.6 is 0 Å². The van der Waals surface area contributed by atoms with Crippen LogP contribution in [0.5, 0.6) is 0 Å². The van der Waals surface area contributed by atoms with Crippen molar-refractivity contribution in [3.05, 3.63) is 70.5 Å². The molecule has 2 nitrogen and oxygen atoms in total. The molecule has 0 aliphatic carbocycles. The van der Waals surface area contributed by atoms with Crippen LogP contribution in [0.2, 0.25) is 0 Å². The summed E-state index contributed by atoms with van der Waals surface area (Å²) >= 11 is 0. The maximum absolute atomic E-state index is 13.2. The fourth-order valence-electron chi connectivity index (χ4n) is 1.99. The highest BCUT2D eigenvalue weighted by molar-refractivity contribution is 5.34. The summed E-state index contributed by atoms with van der Waals surface area (Å²) in [7, 11) is 1.64. The predicted molar refractivity (Wildman–Crippen MR) is 72.4 cm³/mol. The first-order valence-corrected chi connectivity index (χ1v) is 6.13. The molecule has 19 heavy (non-hydrogen) atoms. The first-order valence-electron chi connectivity index (χ1n) is 6.13. The van der Waals surface area contributed by atoms with Crippen LogP contribution in [0.3, 0.4) is 0 Å². The lowest BCUT2D eigenvalue weighted by atomic mass is 9.99. The predicted octanol–water partition coefficient (Wildman–Crippen LogP) is 3.36. The fourth-order valence-corrected chi connectivity index (χ4v) is 1.99. The highest BCUT2D eigenvalue weighted by Crippen LogP contribution is 2.24. The van der Waals surface area contributed by atoms with Gasteiger partial charge in [0.15, 0.2) is 0 Å². The summed E-state index contributed by atoms with van der Waals surface area (Å²) in [6.07, 6.45) is -0.740. The van der Waals surface area contributed by atoms with Crippen LogP contribution in [-0.4, -0.2) is 12.2 Å². The van der Waals surface area contributed by atoms with Crippen LogP contribution in [0.15, 0.2) is 42.5 Å². The van der Waals surface area contributed by atoms with E-state index in [-0.39, 0.29) is 5.82 Å². The van der Waals surface area contributed by atoms with Crippen molar-refractivity contribution in [3.63, 3.8) is 0 Å². The highest BCUT2D eigenvalue weighted by Gasteiger charge is 2.11. The zero-order chi connectivity index (χ0) is 13.8. The van der Waals surface area contributed by atoms with Gasteiger partial charge in [-0.3, -0.25) is 0 Å². The third kappa shape index (κ3) is 3.19. The zero-order valence-corrected chi connectivity index (χ0v) is 11.1. The Labute approximate surface area is 112 Å². The Hall–Kier alpha value is -1.71. The minimum atomic E-state index is -0.740. The van der Waals surface area contributed by atoms with Crippen molar-refractivity contribution in [2.75, 3.05) is 7.11 Å². The number of aliphatic hydroxyl groups excluding tert-OH is 1. The van der Waals surface area contributed by atoms with E-state index in [4.69, 9.17) is 4.74 Å². The third-order valence-corrected chi connectivity index (χ3v) is 3.10. The maximum atomic E-state index is 13.2. The molecule has 1 unspecified atom stereocenters. The average molecular weight is 260 g/mol. The number of rotatable bonds is 4. The molecule has 0 aromatic heterocycles. The van der Waals surface area contributed by atoms with Crippen LogP contribution < -0.4 is 0 Å². The van der Waals surface area contributed by atoms with Gasteiger partial charge in [0.2, 0.25) is 0 Å². The summed E-state index contributed by atoms with van der Waals surface area (Å²) in [5.41, 5.74) is 3.06. The van der Waals surface area contributed by atoms with Gasteiger partial charge in [0.1, 0.15) is 11.9 Å². The van der Waals surface area contributed by atoms with E-state index < -0.39 is 6.10 Å². The van der Waals surface area contributed by atoms with Crippen LogP contribution in [0.4, 0.5) is 4.39 Å². The number of hydrogen-bond donors (Lipinski definition) is 1. The van der Waals surface area contributed by atoms with Crippen molar-refractivity contribution in [1.29, 1.82) is 0 Å². The van der Waals surface area contributed by atoms with Gasteiger partial charge >= 0.3 is 0 Å². The fraction of sp³-hybridized carbons (Fsp3) is 0.250. The molecular weight excluding hydrogens is 243 g/mol. The highest BCUT2D eigenvalue weighted by atomic mass is 19.1. The minimum absolute atomic E-state index is 0.258. The molecule has 0 radical (unpaired) electrons. The Morgan fingerprint density at radius 2 is 1.74 bits per heavy atom. The zero-order valence-electron chi connectivity index (χ0n) is 11.1. The monoisotopic (exact) mass is 260 g/mol. The Kier molecular flexibility index (Phi) is 4.30. The molecule has 1 atom stereocenters. The van der Waals surface area contributed by atoms with Gasteiger partial charge in [-0.15, -0.1) is 0 Å². The average Bonchev–Trinajstić information content (AvgIpc) is 2.42. The second-order valence-electron chi connectivity index (χ2n) is 4.59. The summed E-state index contributed by atoms with van der Waals surface area (Å²) in [5.74, 6) is -0.258. The Bertz CT molecular complexity index is 549. The SMILES string of the molecule is COCc1ccc(C(O)c2ccc(F)c(C)c2)cc1. The molecule has 100 valence electrons. The van der Waals surface area contributed by atoms with E-state index in [2.05, 4.69) is 0 Å². The molecule has 0 bridgehead atoms. The molecule has 0 saturated carbocycles. The smallest absolute Gasteiger partial charge is 0.126 e. The number of aryl methyl sites for hydroxylation is 1. The van der Waals surface area contributed by atoms with E-state index in [0.29, 0.717) is 17.7 Å². The standard InChI is InChI=1S/C16H17FO2/c1-11-9-14(7-8-15(11)17)16(18)13-5-3-12(4-6-13)10-19-2/h3-9,16,18H,10H2,1-2H3. The molecule has 0 heterocycles. The molecule has 1 N–H and O–H groups in total. The molecule has 0 saturated heterocycles. The summed E-state index contributed by atoms with van der Waals surface area (Å²) in [4.78, 5) is 0. The number of aliphatic hydroxyl groups is 1. The molecule has 0 spiro atoms. The third-order valence-electron chi connectivity index (χ3n) is 3.10. The molecule has 0 aliphatic heterocycles. The molecule has 3 heteroatoms. The van der Waals surface area contributed by atoms with E-state index in [1.54, 1.807) is 26.2 Å². The van der Waals surface area contributed by atoms with E-state index in [1.165, 1.54) is 6.07 Å². The second-order valence-corrected chi connectivity index (χ2v) is 4.59. The van der Waals surface area contributed by atoms with Crippen molar-refractivity contribution >= 4 is 0 Å². The van der Waals surface area contributed by atoms with Gasteiger partial charge in [-0.1, -0.05) is 36.4 Å². The normalized spacial score (nSPS) is 12.4. The van der Waals surface area contributed by atoms with E-state index in [1.807, 2.05) is 24.3 Å². The minimum Gasteiger partial charge on any atom is -0.384 e. The van der Waals surface area contributed by atoms with Crippen molar-refractivity contribution in [1.82, 2.24) is 0 Å². The molecule has 0 amide bonds. The Balaban J connectivity index is 2.22. The molecule has 2 aromatic carbocycles. The van der Waals surface area contributed by atoms with E-state index in [0.717, 1.165) is 11.1 Å². The van der Waals surface area contributed by atoms with Gasteiger partial charge in [0, 0.05) is 7.11 Å². The van der Waals surface area contributed by atoms with Gasteiger partial charge in [-0.2, -0.15) is 0 Å². The van der Waals surface area contributed by atoms with E-state index >= 15 is 0 Å². The summed E-state index contributed by atoms with van der Waals surface area (Å²) in [6, 6.07) is 12.2. The molecule has 2 aromatic rings. The molecule has 0 fully saturated rings. The second kappa shape index (κ2) is 5.95. The van der Waals surface area contributed by atoms with Gasteiger partial charge in [-0.05, 0) is 35.2 Å².